The van der Waals surface area contributed by atoms with E-state index in [2.05, 4.69) is 5.10 Å². The van der Waals surface area contributed by atoms with Gasteiger partial charge in [-0.1, -0.05) is 17.2 Å². The van der Waals surface area contributed by atoms with Gasteiger partial charge in [-0.2, -0.15) is 0 Å². The molecule has 25 heavy (non-hydrogen) atoms. The molecule has 0 fully saturated rings. The maximum absolute atomic E-state index is 14.2. The van der Waals surface area contributed by atoms with E-state index < -0.39 is 34.2 Å². The summed E-state index contributed by atoms with van der Waals surface area (Å²) in [5.41, 5.74) is -0.344. The summed E-state index contributed by atoms with van der Waals surface area (Å²) in [7, 11) is 1.44. The first-order chi connectivity index (χ1) is 11.7. The Labute approximate surface area is 145 Å². The molecule has 1 heterocycles. The molecule has 0 amide bonds. The van der Waals surface area contributed by atoms with Crippen molar-refractivity contribution < 1.29 is 22.0 Å². The Bertz CT molecular complexity index is 910. The predicted octanol–water partition coefficient (Wildman–Crippen LogP) is 5.42. The molecule has 0 bridgehead atoms. The second-order valence-corrected chi connectivity index (χ2v) is 5.90. The molecule has 0 saturated carbocycles. The van der Waals surface area contributed by atoms with Crippen LogP contribution in [0.3, 0.4) is 0 Å². The molecular formula is C17H11ClF5N2+. The number of rotatable bonds is 3. The highest BCUT2D eigenvalue weighted by Crippen LogP contribution is 2.42. The van der Waals surface area contributed by atoms with E-state index in [-0.39, 0.29) is 22.0 Å². The fourth-order valence-electron chi connectivity index (χ4n) is 2.64. The zero-order valence-electron chi connectivity index (χ0n) is 12.8. The van der Waals surface area contributed by atoms with E-state index in [0.717, 1.165) is 6.08 Å². The molecule has 130 valence electrons. The lowest BCUT2D eigenvalue weighted by atomic mass is 10.0. The van der Waals surface area contributed by atoms with Crippen LogP contribution >= 0.6 is 11.6 Å². The van der Waals surface area contributed by atoms with Crippen LogP contribution in [0.25, 0.3) is 11.1 Å². The minimum Gasteiger partial charge on any atom is -0.206 e. The number of allylic oxidation sites excluding steroid dienone is 1. The number of nitrogens with zero attached hydrogens (tertiary/aromatic N) is 2. The topological polar surface area (TPSA) is 12.4 Å². The highest BCUT2D eigenvalue weighted by atomic mass is 35.5. The van der Waals surface area contributed by atoms with Crippen LogP contribution in [0.5, 0.6) is 0 Å². The quantitative estimate of drug-likeness (QED) is 0.295. The molecule has 1 unspecified atom stereocenters. The first-order valence-electron chi connectivity index (χ1n) is 7.11. The fraction of sp³-hybridized carbons (Fsp3) is 0.118. The van der Waals surface area contributed by atoms with Crippen molar-refractivity contribution in [3.8, 4) is 11.1 Å². The average Bonchev–Trinajstić information content (AvgIpc) is 2.88. The monoisotopic (exact) mass is 373 g/mol. The van der Waals surface area contributed by atoms with Gasteiger partial charge in [0.05, 0.1) is 0 Å². The second-order valence-electron chi connectivity index (χ2n) is 5.51. The van der Waals surface area contributed by atoms with Crippen molar-refractivity contribution in [1.82, 2.24) is 4.59 Å². The van der Waals surface area contributed by atoms with Gasteiger partial charge in [-0.05, 0) is 23.7 Å². The van der Waals surface area contributed by atoms with Gasteiger partial charge >= 0.3 is 0 Å². The minimum absolute atomic E-state index is 0.0364. The molecule has 0 radical (unpaired) electrons. The van der Waals surface area contributed by atoms with Crippen molar-refractivity contribution in [2.75, 3.05) is 7.05 Å². The molecule has 1 atom stereocenters. The van der Waals surface area contributed by atoms with Gasteiger partial charge in [0.15, 0.2) is 23.0 Å². The highest BCUT2D eigenvalue weighted by Gasteiger charge is 2.40. The maximum Gasteiger partial charge on any atom is 0.285 e. The Morgan fingerprint density at radius 3 is 2.24 bits per heavy atom. The third kappa shape index (κ3) is 2.94. The van der Waals surface area contributed by atoms with Gasteiger partial charge in [-0.25, -0.2) is 22.0 Å². The van der Waals surface area contributed by atoms with Gasteiger partial charge in [-0.15, -0.1) is 4.59 Å². The summed E-state index contributed by atoms with van der Waals surface area (Å²) in [6.07, 6.45) is -1.80. The van der Waals surface area contributed by atoms with E-state index in [1.165, 1.54) is 19.2 Å². The molecule has 0 N–H and O–H groups in total. The summed E-state index contributed by atoms with van der Waals surface area (Å²) in [6, 6.07) is 7.23. The van der Waals surface area contributed by atoms with Crippen LogP contribution in [0, 0.1) is 17.5 Å². The summed E-state index contributed by atoms with van der Waals surface area (Å²) in [4.78, 5) is 0. The zero-order valence-corrected chi connectivity index (χ0v) is 13.5. The van der Waals surface area contributed by atoms with E-state index in [1.54, 1.807) is 12.1 Å². The van der Waals surface area contributed by atoms with Crippen LogP contribution in [-0.4, -0.2) is 19.2 Å². The summed E-state index contributed by atoms with van der Waals surface area (Å²) >= 11 is 6.11. The smallest absolute Gasteiger partial charge is 0.206 e. The Kier molecular flexibility index (Phi) is 4.38. The lowest BCUT2D eigenvalue weighted by Gasteiger charge is -2.25. The first kappa shape index (κ1) is 17.6. The van der Waals surface area contributed by atoms with Crippen LogP contribution in [0.1, 0.15) is 0 Å². The summed E-state index contributed by atoms with van der Waals surface area (Å²) in [5.74, 6) is -3.54. The summed E-state index contributed by atoms with van der Waals surface area (Å²) in [5, 5.41) is 3.88. The number of hydrogen-bond donors (Lipinski definition) is 0. The third-order valence-electron chi connectivity index (χ3n) is 3.90. The lowest BCUT2D eigenvalue weighted by molar-refractivity contribution is 0.225. The van der Waals surface area contributed by atoms with Gasteiger partial charge in [-0.3, -0.25) is 0 Å². The number of benzene rings is 2. The normalized spacial score (nSPS) is 20.0. The molecule has 0 aromatic heterocycles. The minimum atomic E-state index is -2.83. The molecule has 1 aliphatic heterocycles. The van der Waals surface area contributed by atoms with Gasteiger partial charge in [0.25, 0.3) is 6.43 Å². The van der Waals surface area contributed by atoms with Crippen molar-refractivity contribution in [3.05, 3.63) is 65.1 Å². The first-order valence-corrected chi connectivity index (χ1v) is 7.49. The van der Waals surface area contributed by atoms with Crippen molar-refractivity contribution in [3.63, 3.8) is 0 Å². The molecule has 2 nitrogen and oxygen atoms in total. The predicted molar refractivity (Wildman–Crippen MR) is 86.8 cm³/mol. The van der Waals surface area contributed by atoms with Crippen LogP contribution in [0.15, 0.2) is 52.7 Å². The average molecular weight is 374 g/mol. The highest BCUT2D eigenvalue weighted by molar-refractivity contribution is 6.33. The molecule has 0 aliphatic carbocycles. The lowest BCUT2D eigenvalue weighted by Crippen LogP contribution is -2.35. The van der Waals surface area contributed by atoms with Crippen LogP contribution in [-0.2, 0) is 0 Å². The molecule has 2 aromatic rings. The molecule has 3 rings (SSSR count). The second kappa shape index (κ2) is 6.24. The van der Waals surface area contributed by atoms with E-state index in [9.17, 15) is 22.0 Å². The van der Waals surface area contributed by atoms with Crippen molar-refractivity contribution in [1.29, 1.82) is 0 Å². The number of hydrogen-bond acceptors (Lipinski definition) is 1. The van der Waals surface area contributed by atoms with Gasteiger partial charge in [0, 0.05) is 29.3 Å². The number of para-hydroxylation sites is 1. The fourth-order valence-corrected chi connectivity index (χ4v) is 2.88. The van der Waals surface area contributed by atoms with E-state index >= 15 is 0 Å². The van der Waals surface area contributed by atoms with Crippen LogP contribution in [0.4, 0.5) is 27.6 Å². The van der Waals surface area contributed by atoms with Gasteiger partial charge < -0.3 is 0 Å². The summed E-state index contributed by atoms with van der Waals surface area (Å²) < 4.78 is 66.3. The van der Waals surface area contributed by atoms with Gasteiger partial charge in [0.1, 0.15) is 12.9 Å². The Hall–Kier alpha value is -2.25. The zero-order chi connectivity index (χ0) is 18.4. The van der Waals surface area contributed by atoms with Crippen molar-refractivity contribution in [2.45, 2.75) is 6.43 Å². The molecule has 0 spiro atoms. The largest absolute Gasteiger partial charge is 0.285 e. The third-order valence-corrected chi connectivity index (χ3v) is 4.33. The molecule has 8 heteroatoms. The summed E-state index contributed by atoms with van der Waals surface area (Å²) in [6.45, 7) is 0. The standard InChI is InChI=1S/C17H11ClF5N2/c1-25(16(18)8-14(24-25)17(22)23)15-5-3-2-4-9(15)10-6-12(20)13(21)7-11(10)19/h2-8,17H,1H3/q+1. The van der Waals surface area contributed by atoms with Crippen molar-refractivity contribution >= 4 is 23.0 Å². The number of halogens is 6. The molecular weight excluding hydrogens is 363 g/mol. The van der Waals surface area contributed by atoms with E-state index in [4.69, 9.17) is 11.6 Å². The molecule has 2 aromatic carbocycles. The Morgan fingerprint density at radius 1 is 0.960 bits per heavy atom. The van der Waals surface area contributed by atoms with E-state index in [1.807, 2.05) is 0 Å². The molecule has 0 saturated heterocycles. The number of alkyl halides is 2. The van der Waals surface area contributed by atoms with Crippen LogP contribution in [0.2, 0.25) is 0 Å². The van der Waals surface area contributed by atoms with Crippen LogP contribution < -0.4 is 4.59 Å². The molecule has 1 aliphatic rings. The van der Waals surface area contributed by atoms with Gasteiger partial charge in [0.2, 0.25) is 5.16 Å². The Morgan fingerprint density at radius 2 is 1.60 bits per heavy atom. The van der Waals surface area contributed by atoms with Crippen molar-refractivity contribution in [2.24, 2.45) is 5.10 Å². The SMILES string of the molecule is C[N+]1(c2ccccc2-c2cc(F)c(F)cc2F)N=C(C(F)F)C=C1Cl. The number of quaternary nitrogens is 1. The Balaban J connectivity index is 2.22. The van der Waals surface area contributed by atoms with E-state index in [0.29, 0.717) is 12.1 Å². The maximum atomic E-state index is 14.2.